The van der Waals surface area contributed by atoms with Crippen molar-refractivity contribution < 1.29 is 36.3 Å². The van der Waals surface area contributed by atoms with Crippen LogP contribution in [0.25, 0.3) is 0 Å². The Hall–Kier alpha value is -4.31. The smallest absolute Gasteiger partial charge is 0.336 e. The monoisotopic (exact) mass is 568 g/mol. The van der Waals surface area contributed by atoms with Crippen LogP contribution in [-0.4, -0.2) is 36.3 Å². The number of carbonyl (C=O) groups is 2. The van der Waals surface area contributed by atoms with Crippen LogP contribution in [0, 0.1) is 29.1 Å². The van der Waals surface area contributed by atoms with E-state index in [1.54, 1.807) is 17.0 Å². The zero-order valence-corrected chi connectivity index (χ0v) is 21.9. The highest BCUT2D eigenvalue weighted by Gasteiger charge is 2.44. The molecule has 0 fully saturated rings. The SMILES string of the molecule is CC1=C(C(=O)OCCc2ccccc2)C(c2c(F)c(F)c(F)c(F)c2F)C2=C(CN(Cc3ccccc3)CC2=O)N1. The lowest BCUT2D eigenvalue weighted by Gasteiger charge is -2.38. The van der Waals surface area contributed by atoms with Crippen molar-refractivity contribution in [2.24, 2.45) is 0 Å². The number of Topliss-reactive ketones (excluding diaryl/α,β-unsaturated/α-hetero) is 1. The first-order valence-corrected chi connectivity index (χ1v) is 12.9. The molecule has 2 aliphatic rings. The molecule has 1 unspecified atom stereocenters. The minimum atomic E-state index is -2.33. The summed E-state index contributed by atoms with van der Waals surface area (Å²) < 4.78 is 78.6. The molecule has 3 aromatic rings. The zero-order chi connectivity index (χ0) is 29.3. The van der Waals surface area contributed by atoms with Gasteiger partial charge in [-0.05, 0) is 18.1 Å². The summed E-state index contributed by atoms with van der Waals surface area (Å²) in [5.74, 6) is -14.4. The number of ether oxygens (including phenoxy) is 1. The third-order valence-corrected chi connectivity index (χ3v) is 7.16. The number of hydrogen-bond acceptors (Lipinski definition) is 5. The topological polar surface area (TPSA) is 58.6 Å². The van der Waals surface area contributed by atoms with E-state index in [2.05, 4.69) is 5.32 Å². The van der Waals surface area contributed by atoms with E-state index in [4.69, 9.17) is 4.74 Å². The van der Waals surface area contributed by atoms with Crippen LogP contribution in [0.2, 0.25) is 0 Å². The van der Waals surface area contributed by atoms with Gasteiger partial charge in [-0.2, -0.15) is 0 Å². The number of dihydropyridines is 1. The first-order valence-electron chi connectivity index (χ1n) is 12.9. The predicted molar refractivity (Wildman–Crippen MR) is 140 cm³/mol. The minimum Gasteiger partial charge on any atom is -0.462 e. The number of halogens is 5. The lowest BCUT2D eigenvalue weighted by molar-refractivity contribution is -0.139. The molecule has 0 aromatic heterocycles. The Morgan fingerprint density at radius 2 is 1.41 bits per heavy atom. The minimum absolute atomic E-state index is 0.0803. The maximum atomic E-state index is 15.2. The van der Waals surface area contributed by atoms with E-state index < -0.39 is 57.9 Å². The fourth-order valence-electron chi connectivity index (χ4n) is 5.29. The number of benzene rings is 3. The van der Waals surface area contributed by atoms with E-state index in [0.717, 1.165) is 11.1 Å². The van der Waals surface area contributed by atoms with E-state index in [1.807, 2.05) is 48.5 Å². The molecule has 0 radical (unpaired) electrons. The number of nitrogens with zero attached hydrogens (tertiary/aromatic N) is 1. The molecular formula is C31H25F5N2O3. The normalized spacial score (nSPS) is 17.4. The number of ketones is 1. The standard InChI is InChI=1S/C31H25F5N2O3/c1-17-22(31(40)41-13-12-18-8-4-2-5-9-18)24(25-26(32)28(34)30(36)29(35)27(25)33)23-20(37-17)15-38(16-21(23)39)14-19-10-6-3-7-11-19/h2-11,24,37H,12-16H2,1H3. The summed E-state index contributed by atoms with van der Waals surface area (Å²) in [5, 5.41) is 2.97. The van der Waals surface area contributed by atoms with E-state index >= 15 is 8.78 Å². The second-order valence-corrected chi connectivity index (χ2v) is 9.90. The lowest BCUT2D eigenvalue weighted by Crippen LogP contribution is -2.45. The van der Waals surface area contributed by atoms with Gasteiger partial charge in [0.05, 0.1) is 24.6 Å². The lowest BCUT2D eigenvalue weighted by atomic mass is 9.76. The predicted octanol–water partition coefficient (Wildman–Crippen LogP) is 5.47. The van der Waals surface area contributed by atoms with Crippen molar-refractivity contribution in [2.45, 2.75) is 25.8 Å². The number of rotatable bonds is 7. The molecular weight excluding hydrogens is 543 g/mol. The first kappa shape index (κ1) is 28.2. The van der Waals surface area contributed by atoms with E-state index in [9.17, 15) is 22.8 Å². The third kappa shape index (κ3) is 5.52. The highest BCUT2D eigenvalue weighted by Crippen LogP contribution is 2.44. The van der Waals surface area contributed by atoms with Gasteiger partial charge in [0, 0.05) is 42.0 Å². The van der Waals surface area contributed by atoms with Crippen molar-refractivity contribution in [3.05, 3.63) is 129 Å². The van der Waals surface area contributed by atoms with Crippen LogP contribution in [0.4, 0.5) is 22.0 Å². The Morgan fingerprint density at radius 3 is 2.02 bits per heavy atom. The molecule has 5 rings (SSSR count). The number of hydrogen-bond donors (Lipinski definition) is 1. The third-order valence-electron chi connectivity index (χ3n) is 7.16. The molecule has 2 aliphatic heterocycles. The van der Waals surface area contributed by atoms with Gasteiger partial charge in [0.25, 0.3) is 0 Å². The maximum absolute atomic E-state index is 15.2. The van der Waals surface area contributed by atoms with Crippen LogP contribution in [0.3, 0.4) is 0 Å². The molecule has 0 spiro atoms. The Bertz CT molecular complexity index is 1540. The van der Waals surface area contributed by atoms with Crippen molar-refractivity contribution >= 4 is 11.8 Å². The van der Waals surface area contributed by atoms with Crippen LogP contribution in [0.1, 0.15) is 29.5 Å². The highest BCUT2D eigenvalue weighted by molar-refractivity contribution is 6.04. The van der Waals surface area contributed by atoms with E-state index in [0.29, 0.717) is 13.0 Å². The number of allylic oxidation sites excluding steroid dienone is 1. The molecule has 5 nitrogen and oxygen atoms in total. The molecule has 212 valence electrons. The molecule has 2 heterocycles. The second kappa shape index (κ2) is 11.7. The molecule has 0 amide bonds. The Balaban J connectivity index is 1.54. The van der Waals surface area contributed by atoms with Crippen LogP contribution in [-0.2, 0) is 27.3 Å². The molecule has 0 aliphatic carbocycles. The number of carbonyl (C=O) groups excluding carboxylic acids is 2. The van der Waals surface area contributed by atoms with Gasteiger partial charge in [0.15, 0.2) is 29.1 Å². The average Bonchev–Trinajstić information content (AvgIpc) is 2.96. The molecule has 0 saturated heterocycles. The summed E-state index contributed by atoms with van der Waals surface area (Å²) >= 11 is 0. The van der Waals surface area contributed by atoms with Gasteiger partial charge in [-0.15, -0.1) is 0 Å². The van der Waals surface area contributed by atoms with Gasteiger partial charge in [-0.25, -0.2) is 26.7 Å². The van der Waals surface area contributed by atoms with Crippen molar-refractivity contribution in [1.29, 1.82) is 0 Å². The van der Waals surface area contributed by atoms with Crippen molar-refractivity contribution in [1.82, 2.24) is 10.2 Å². The van der Waals surface area contributed by atoms with Gasteiger partial charge in [-0.1, -0.05) is 60.7 Å². The number of esters is 1. The summed E-state index contributed by atoms with van der Waals surface area (Å²) in [5.41, 5.74) is 0.153. The number of nitrogens with one attached hydrogen (secondary N) is 1. The van der Waals surface area contributed by atoms with E-state index in [-0.39, 0.29) is 36.7 Å². The van der Waals surface area contributed by atoms with Crippen molar-refractivity contribution in [3.8, 4) is 0 Å². The van der Waals surface area contributed by atoms with Crippen LogP contribution in [0.15, 0.2) is 83.2 Å². The van der Waals surface area contributed by atoms with Gasteiger partial charge in [0.2, 0.25) is 5.82 Å². The van der Waals surface area contributed by atoms with Crippen molar-refractivity contribution in [2.75, 3.05) is 19.7 Å². The molecule has 1 N–H and O–H groups in total. The Labute approximate surface area is 232 Å². The fourth-order valence-corrected chi connectivity index (χ4v) is 5.29. The Morgan fingerprint density at radius 1 is 0.854 bits per heavy atom. The second-order valence-electron chi connectivity index (χ2n) is 9.90. The average molecular weight is 569 g/mol. The summed E-state index contributed by atoms with van der Waals surface area (Å²) in [4.78, 5) is 28.7. The summed E-state index contributed by atoms with van der Waals surface area (Å²) in [6, 6.07) is 18.3. The van der Waals surface area contributed by atoms with Gasteiger partial charge >= 0.3 is 5.97 Å². The molecule has 0 saturated carbocycles. The largest absolute Gasteiger partial charge is 0.462 e. The van der Waals surface area contributed by atoms with Gasteiger partial charge in [-0.3, -0.25) is 9.69 Å². The van der Waals surface area contributed by atoms with Crippen LogP contribution >= 0.6 is 0 Å². The Kier molecular flexibility index (Phi) is 8.03. The summed E-state index contributed by atoms with van der Waals surface area (Å²) in [7, 11) is 0. The quantitative estimate of drug-likeness (QED) is 0.177. The fraction of sp³-hybridized carbons (Fsp3) is 0.226. The van der Waals surface area contributed by atoms with Gasteiger partial charge < -0.3 is 10.1 Å². The maximum Gasteiger partial charge on any atom is 0.336 e. The molecule has 0 bridgehead atoms. The highest BCUT2D eigenvalue weighted by atomic mass is 19.2. The van der Waals surface area contributed by atoms with E-state index in [1.165, 1.54) is 6.92 Å². The van der Waals surface area contributed by atoms with Crippen molar-refractivity contribution in [3.63, 3.8) is 0 Å². The zero-order valence-electron chi connectivity index (χ0n) is 21.9. The van der Waals surface area contributed by atoms with Crippen LogP contribution < -0.4 is 5.32 Å². The first-order chi connectivity index (χ1) is 19.7. The van der Waals surface area contributed by atoms with Gasteiger partial charge in [0.1, 0.15) is 0 Å². The molecule has 10 heteroatoms. The molecule has 41 heavy (non-hydrogen) atoms. The molecule has 1 atom stereocenters. The van der Waals surface area contributed by atoms with Crippen LogP contribution in [0.5, 0.6) is 0 Å². The summed E-state index contributed by atoms with van der Waals surface area (Å²) in [6.45, 7) is 1.59. The summed E-state index contributed by atoms with van der Waals surface area (Å²) in [6.07, 6.45) is 0.320. The molecule has 3 aromatic carbocycles.